The van der Waals surface area contributed by atoms with Gasteiger partial charge in [0.25, 0.3) is 0 Å². The highest BCUT2D eigenvalue weighted by molar-refractivity contribution is 7.20. The first kappa shape index (κ1) is 60.2. The van der Waals surface area contributed by atoms with Gasteiger partial charge in [-0.2, -0.15) is 132 Å². The monoisotopic (exact) mass is 1120 g/mol. The van der Waals surface area contributed by atoms with E-state index >= 15 is 0 Å². The summed E-state index contributed by atoms with van der Waals surface area (Å²) in [6, 6.07) is 4.83. The molecule has 27 heteroatoms. The molecule has 0 radical (unpaired) electrons. The molecule has 0 aliphatic heterocycles. The van der Waals surface area contributed by atoms with Crippen molar-refractivity contribution in [2.75, 3.05) is 0 Å². The number of aromatic nitrogens is 1. The topological polar surface area (TPSA) is 20.9 Å². The second kappa shape index (κ2) is 21.4. The lowest BCUT2D eigenvalue weighted by molar-refractivity contribution is -0.683. The van der Waals surface area contributed by atoms with Crippen molar-refractivity contribution in [3.63, 3.8) is 0 Å². The number of aryl methyl sites for hydroxylation is 1. The molecule has 2 nitrogen and oxygen atoms in total. The summed E-state index contributed by atoms with van der Waals surface area (Å²) in [7, 11) is 0. The van der Waals surface area contributed by atoms with Crippen molar-refractivity contribution in [3.8, 4) is 0 Å². The minimum atomic E-state index is -6.13. The number of nitrogens with zero attached hydrogens (tertiary/aromatic N) is 1. The van der Waals surface area contributed by atoms with E-state index in [1.165, 1.54) is 18.4 Å². The lowest BCUT2D eigenvalue weighted by Gasteiger charge is -2.46. The van der Waals surface area contributed by atoms with E-state index in [0.717, 1.165) is 12.0 Å². The zero-order chi connectivity index (χ0) is 57.4. The molecule has 0 aliphatic rings. The molecule has 0 saturated carbocycles. The fraction of sp³-hybridized carbons (Fsp3) is 0.265. The molecule has 6 rings (SSSR count). The van der Waals surface area contributed by atoms with Crippen LogP contribution in [-0.4, -0.2) is 11.9 Å². The highest BCUT2D eigenvalue weighted by Crippen LogP contribution is 2.41. The molecule has 0 saturated heterocycles. The number of pyridine rings is 1. The van der Waals surface area contributed by atoms with E-state index in [-0.39, 0.29) is 5.78 Å². The number of carbonyl (C=O) groups excluding carboxylic acids is 1. The first-order valence-electron chi connectivity index (χ1n) is 21.5. The Morgan fingerprint density at radius 2 is 0.632 bits per heavy atom. The first-order valence-corrected chi connectivity index (χ1v) is 21.5. The summed E-state index contributed by atoms with van der Waals surface area (Å²) >= 11 is 0. The van der Waals surface area contributed by atoms with Crippen molar-refractivity contribution < 1.29 is 115 Å². The Hall–Kier alpha value is -6.70. The minimum absolute atomic E-state index is 0.145. The van der Waals surface area contributed by atoms with E-state index < -0.39 is 195 Å². The van der Waals surface area contributed by atoms with Gasteiger partial charge in [0.05, 0.1) is 44.5 Å². The van der Waals surface area contributed by atoms with Crippen LogP contribution in [0.25, 0.3) is 0 Å². The van der Waals surface area contributed by atoms with Crippen LogP contribution < -0.4 is 26.4 Å². The molecule has 0 amide bonds. The van der Waals surface area contributed by atoms with E-state index in [2.05, 4.69) is 19.1 Å². The van der Waals surface area contributed by atoms with Gasteiger partial charge in [-0.3, -0.25) is 4.79 Å². The van der Waals surface area contributed by atoms with E-state index in [9.17, 15) is 110 Å². The molecular weight excluding hydrogens is 1090 g/mol. The molecular formula is C49H32BF24NO. The van der Waals surface area contributed by atoms with Gasteiger partial charge in [0.2, 0.25) is 12.3 Å². The minimum Gasteiger partial charge on any atom is -0.287 e. The number of alkyl halides is 24. The van der Waals surface area contributed by atoms with Crippen LogP contribution in [0.5, 0.6) is 0 Å². The Kier molecular flexibility index (Phi) is 16.9. The second-order valence-electron chi connectivity index (χ2n) is 17.0. The summed E-state index contributed by atoms with van der Waals surface area (Å²) in [5.41, 5.74) is -28.1. The lowest BCUT2D eigenvalue weighted by Crippen LogP contribution is -2.75. The van der Waals surface area contributed by atoms with Crippen molar-refractivity contribution in [2.24, 2.45) is 0 Å². The SMILES string of the molecule is CCCCc1cc[n+](CC(=O)c2ccccc2)cc1.FC(F)(F)c1cc([B-](c2cc(C(F)(F)F)cc(C(F)(F)F)c2)(c2cc(C(F)(F)F)cc(C(F)(F)F)c2)c2cc(C(F)(F)F)cc(C(F)(F)F)c2)cc(C(F)(F)F)c1. The van der Waals surface area contributed by atoms with Gasteiger partial charge in [-0.25, -0.2) is 0 Å². The van der Waals surface area contributed by atoms with Crippen molar-refractivity contribution in [1.29, 1.82) is 0 Å². The summed E-state index contributed by atoms with van der Waals surface area (Å²) in [4.78, 5) is 12.1. The summed E-state index contributed by atoms with van der Waals surface area (Å²) in [5, 5.41) is 0. The number of hydrogen-bond acceptors (Lipinski definition) is 1. The van der Waals surface area contributed by atoms with Gasteiger partial charge >= 0.3 is 49.4 Å². The van der Waals surface area contributed by atoms with Crippen molar-refractivity contribution in [2.45, 2.75) is 82.1 Å². The summed E-state index contributed by atoms with van der Waals surface area (Å²) < 4.78 is 343. The molecule has 0 atom stereocenters. The highest BCUT2D eigenvalue weighted by atomic mass is 19.4. The third-order valence-corrected chi connectivity index (χ3v) is 11.6. The smallest absolute Gasteiger partial charge is 0.287 e. The maximum Gasteiger partial charge on any atom is 0.416 e. The van der Waals surface area contributed by atoms with Gasteiger partial charge in [-0.1, -0.05) is 92.2 Å². The number of hydrogen-bond donors (Lipinski definition) is 0. The Morgan fingerprint density at radius 1 is 0.382 bits per heavy atom. The van der Waals surface area contributed by atoms with Crippen molar-refractivity contribution >= 4 is 33.8 Å². The number of ketones is 1. The largest absolute Gasteiger partial charge is 0.416 e. The number of rotatable bonds is 10. The third kappa shape index (κ3) is 14.4. The number of benzene rings is 5. The Bertz CT molecular complexity index is 2560. The van der Waals surface area contributed by atoms with Crippen molar-refractivity contribution in [1.82, 2.24) is 0 Å². The van der Waals surface area contributed by atoms with Gasteiger partial charge < -0.3 is 0 Å². The van der Waals surface area contributed by atoms with E-state index in [0.29, 0.717) is 6.54 Å². The maximum atomic E-state index is 14.2. The fourth-order valence-electron chi connectivity index (χ4n) is 8.09. The second-order valence-corrected chi connectivity index (χ2v) is 17.0. The van der Waals surface area contributed by atoms with E-state index in [1.54, 1.807) is 0 Å². The number of unbranched alkanes of at least 4 members (excludes halogenated alkanes) is 1. The molecule has 0 fully saturated rings. The van der Waals surface area contributed by atoms with Gasteiger partial charge in [0.1, 0.15) is 6.15 Å². The molecule has 0 spiro atoms. The van der Waals surface area contributed by atoms with Crippen LogP contribution in [0.2, 0.25) is 0 Å². The van der Waals surface area contributed by atoms with Gasteiger partial charge in [0, 0.05) is 17.7 Å². The van der Waals surface area contributed by atoms with Crippen LogP contribution in [0.3, 0.4) is 0 Å². The standard InChI is InChI=1S/C32H12BF24.C17H20NO/c34-25(35,36)13-1-14(26(37,38)39)6-21(5-13)33(22-7-15(27(40,41)42)2-16(8-22)28(43,44)45,23-9-17(29(46,47)48)3-18(10-23)30(49,50)51)24-11-19(31(52,53)54)4-20(12-24)32(55,56)57;1-2-3-7-15-10-12-18(13-11-15)14-17(19)16-8-5-4-6-9-16/h1-12H;4-6,8-13H,2-3,7,14H2,1H3/q-1;+1. The molecule has 76 heavy (non-hydrogen) atoms. The Balaban J connectivity index is 0.000000468. The van der Waals surface area contributed by atoms with Crippen LogP contribution in [0.4, 0.5) is 105 Å². The van der Waals surface area contributed by atoms with Crippen LogP contribution in [-0.2, 0) is 62.4 Å². The van der Waals surface area contributed by atoms with Crippen LogP contribution in [0.1, 0.15) is 80.2 Å². The number of carbonyl (C=O) groups is 1. The maximum absolute atomic E-state index is 14.2. The van der Waals surface area contributed by atoms with Crippen molar-refractivity contribution in [3.05, 3.63) is 183 Å². The highest BCUT2D eigenvalue weighted by Gasteiger charge is 2.47. The average Bonchev–Trinajstić information content (AvgIpc) is 3.29. The quantitative estimate of drug-likeness (QED) is 0.0580. The summed E-state index contributed by atoms with van der Waals surface area (Å²) in [5.74, 6) is 0.145. The molecule has 1 aromatic heterocycles. The van der Waals surface area contributed by atoms with Gasteiger partial charge in [-0.05, 0) is 42.7 Å². The zero-order valence-corrected chi connectivity index (χ0v) is 38.0. The number of halogens is 24. The predicted octanol–water partition coefficient (Wildman–Crippen LogP) is 14.4. The molecule has 1 heterocycles. The molecule has 0 bridgehead atoms. The Labute approximate surface area is 413 Å². The summed E-state index contributed by atoms with van der Waals surface area (Å²) in [6.45, 7) is 2.60. The molecule has 5 aromatic carbocycles. The number of Topliss-reactive ketones (excluding diaryl/α,β-unsaturated/α-hetero) is 1. The average molecular weight is 1120 g/mol. The first-order chi connectivity index (χ1) is 34.6. The molecule has 6 aromatic rings. The molecule has 0 aliphatic carbocycles. The van der Waals surface area contributed by atoms with E-state index in [4.69, 9.17) is 0 Å². The van der Waals surface area contributed by atoms with Crippen LogP contribution >= 0.6 is 0 Å². The van der Waals surface area contributed by atoms with Crippen LogP contribution in [0.15, 0.2) is 128 Å². The summed E-state index contributed by atoms with van der Waals surface area (Å²) in [6.07, 6.45) is -47.3. The van der Waals surface area contributed by atoms with Crippen LogP contribution in [0, 0.1) is 0 Å². The van der Waals surface area contributed by atoms with Gasteiger partial charge in [-0.15, -0.1) is 0 Å². The fourth-order valence-corrected chi connectivity index (χ4v) is 8.09. The normalized spacial score (nSPS) is 13.3. The van der Waals surface area contributed by atoms with E-state index in [1.807, 2.05) is 47.3 Å². The Morgan fingerprint density at radius 3 is 0.855 bits per heavy atom. The van der Waals surface area contributed by atoms with Gasteiger partial charge in [0.15, 0.2) is 12.4 Å². The lowest BCUT2D eigenvalue weighted by atomic mass is 9.12. The zero-order valence-electron chi connectivity index (χ0n) is 38.0. The third-order valence-electron chi connectivity index (χ3n) is 11.6. The molecule has 0 unspecified atom stereocenters. The predicted molar refractivity (Wildman–Crippen MR) is 226 cm³/mol. The molecule has 410 valence electrons. The molecule has 0 N–H and O–H groups in total.